The van der Waals surface area contributed by atoms with Crippen molar-refractivity contribution < 1.29 is 8.42 Å². The fourth-order valence-electron chi connectivity index (χ4n) is 2.18. The quantitative estimate of drug-likeness (QED) is 0.888. The van der Waals surface area contributed by atoms with Crippen LogP contribution in [0, 0.1) is 5.92 Å². The lowest BCUT2D eigenvalue weighted by atomic mass is 9.99. The first-order valence-electron chi connectivity index (χ1n) is 6.00. The van der Waals surface area contributed by atoms with Crippen molar-refractivity contribution >= 4 is 38.4 Å². The minimum Gasteiger partial charge on any atom is -0.330 e. The van der Waals surface area contributed by atoms with E-state index in [1.807, 2.05) is 6.07 Å². The van der Waals surface area contributed by atoms with E-state index < -0.39 is 10.0 Å². The first-order chi connectivity index (χ1) is 8.55. The molecule has 1 fully saturated rings. The van der Waals surface area contributed by atoms with Gasteiger partial charge < -0.3 is 5.73 Å². The molecule has 0 saturated carbocycles. The number of nitrogens with two attached hydrogens (primary N) is 1. The third kappa shape index (κ3) is 3.70. The Balaban J connectivity index is 0.00000180. The first kappa shape index (κ1) is 16.9. The van der Waals surface area contributed by atoms with Crippen LogP contribution in [0.1, 0.15) is 12.8 Å². The normalized spacial score (nSPS) is 18.0. The molecule has 0 radical (unpaired) electrons. The molecule has 1 aliphatic heterocycles. The van der Waals surface area contributed by atoms with Gasteiger partial charge in [-0.15, -0.1) is 12.4 Å². The predicted molar refractivity (Wildman–Crippen MR) is 81.9 cm³/mol. The third-order valence-corrected chi connectivity index (χ3v) is 6.27. The smallest absolute Gasteiger partial charge is 0.244 e. The van der Waals surface area contributed by atoms with Crippen LogP contribution in [0.5, 0.6) is 0 Å². The highest BCUT2D eigenvalue weighted by atomic mass is 79.9. The van der Waals surface area contributed by atoms with Gasteiger partial charge in [0.15, 0.2) is 0 Å². The molecule has 1 aliphatic rings. The molecule has 0 aromatic heterocycles. The average Bonchev–Trinajstić information content (AvgIpc) is 2.39. The number of halogens is 2. The maximum Gasteiger partial charge on any atom is 0.244 e. The molecule has 0 atom stereocenters. The second-order valence-electron chi connectivity index (χ2n) is 4.51. The van der Waals surface area contributed by atoms with Crippen molar-refractivity contribution in [1.82, 2.24) is 4.31 Å². The van der Waals surface area contributed by atoms with Gasteiger partial charge in [-0.3, -0.25) is 0 Å². The van der Waals surface area contributed by atoms with Gasteiger partial charge in [-0.05, 0) is 53.4 Å². The highest BCUT2D eigenvalue weighted by Gasteiger charge is 2.29. The lowest BCUT2D eigenvalue weighted by Gasteiger charge is -2.30. The van der Waals surface area contributed by atoms with Crippen LogP contribution in [0.25, 0.3) is 0 Å². The van der Waals surface area contributed by atoms with Crippen LogP contribution < -0.4 is 5.73 Å². The van der Waals surface area contributed by atoms with E-state index in [4.69, 9.17) is 5.73 Å². The molecule has 19 heavy (non-hydrogen) atoms. The van der Waals surface area contributed by atoms with E-state index in [-0.39, 0.29) is 12.4 Å². The van der Waals surface area contributed by atoms with Crippen LogP contribution in [0.3, 0.4) is 0 Å². The molecule has 4 nitrogen and oxygen atoms in total. The molecule has 108 valence electrons. The van der Waals surface area contributed by atoms with E-state index in [0.717, 1.165) is 12.8 Å². The Kier molecular flexibility index (Phi) is 6.26. The third-order valence-electron chi connectivity index (χ3n) is 3.36. The van der Waals surface area contributed by atoms with Crippen molar-refractivity contribution in [3.63, 3.8) is 0 Å². The van der Waals surface area contributed by atoms with Crippen molar-refractivity contribution in [2.75, 3.05) is 19.6 Å². The Hall–Kier alpha value is -0.140. The Morgan fingerprint density at radius 1 is 1.26 bits per heavy atom. The highest BCUT2D eigenvalue weighted by molar-refractivity contribution is 9.10. The van der Waals surface area contributed by atoms with Gasteiger partial charge in [-0.1, -0.05) is 12.1 Å². The number of hydrogen-bond donors (Lipinski definition) is 1. The van der Waals surface area contributed by atoms with E-state index >= 15 is 0 Å². The van der Waals surface area contributed by atoms with Gasteiger partial charge in [0.1, 0.15) is 0 Å². The Morgan fingerprint density at radius 2 is 1.84 bits per heavy atom. The van der Waals surface area contributed by atoms with Gasteiger partial charge in [0, 0.05) is 17.6 Å². The number of benzene rings is 1. The summed E-state index contributed by atoms with van der Waals surface area (Å²) < 4.78 is 27.1. The second kappa shape index (κ2) is 7.04. The zero-order valence-corrected chi connectivity index (χ0v) is 13.7. The summed E-state index contributed by atoms with van der Waals surface area (Å²) in [5, 5.41) is 0. The van der Waals surface area contributed by atoms with Crippen molar-refractivity contribution in [2.45, 2.75) is 17.7 Å². The van der Waals surface area contributed by atoms with Gasteiger partial charge in [0.05, 0.1) is 4.90 Å². The summed E-state index contributed by atoms with van der Waals surface area (Å²) in [6.45, 7) is 1.76. The van der Waals surface area contributed by atoms with E-state index in [1.54, 1.807) is 22.5 Å². The number of sulfonamides is 1. The fourth-order valence-corrected chi connectivity index (χ4v) is 4.61. The molecule has 0 aliphatic carbocycles. The standard InChI is InChI=1S/C12H17BrN2O2S.ClH/c13-11-3-1-2-4-12(11)18(16,17)15-7-5-10(9-14)6-8-15;/h1-4,10H,5-9,14H2;1H. The number of nitrogens with zero attached hydrogens (tertiary/aromatic N) is 1. The SMILES string of the molecule is Cl.NCC1CCN(S(=O)(=O)c2ccccc2Br)CC1. The molecule has 0 amide bonds. The summed E-state index contributed by atoms with van der Waals surface area (Å²) in [4.78, 5) is 0.344. The Labute approximate surface area is 128 Å². The maximum absolute atomic E-state index is 12.5. The van der Waals surface area contributed by atoms with Crippen LogP contribution in [0.15, 0.2) is 33.6 Å². The molecule has 2 N–H and O–H groups in total. The Morgan fingerprint density at radius 3 is 2.37 bits per heavy atom. The first-order valence-corrected chi connectivity index (χ1v) is 8.23. The molecular weight excluding hydrogens is 352 g/mol. The Bertz CT molecular complexity index is 516. The van der Waals surface area contributed by atoms with Crippen LogP contribution in [0.2, 0.25) is 0 Å². The molecule has 1 heterocycles. The van der Waals surface area contributed by atoms with Crippen molar-refractivity contribution in [2.24, 2.45) is 11.7 Å². The topological polar surface area (TPSA) is 63.4 Å². The summed E-state index contributed by atoms with van der Waals surface area (Å²) in [6.07, 6.45) is 1.69. The number of hydrogen-bond acceptors (Lipinski definition) is 3. The second-order valence-corrected chi connectivity index (χ2v) is 7.27. The molecule has 7 heteroatoms. The van der Waals surface area contributed by atoms with Gasteiger partial charge >= 0.3 is 0 Å². The van der Waals surface area contributed by atoms with Crippen LogP contribution in [0.4, 0.5) is 0 Å². The molecular formula is C12H18BrClN2O2S. The molecule has 2 rings (SSSR count). The lowest BCUT2D eigenvalue weighted by molar-refractivity contribution is 0.278. The van der Waals surface area contributed by atoms with E-state index in [0.29, 0.717) is 34.9 Å². The molecule has 1 aromatic rings. The van der Waals surface area contributed by atoms with Crippen LogP contribution in [-0.2, 0) is 10.0 Å². The minimum absolute atomic E-state index is 0. The number of rotatable bonds is 3. The predicted octanol–water partition coefficient (Wildman–Crippen LogP) is 2.23. The van der Waals surface area contributed by atoms with Crippen LogP contribution >= 0.6 is 28.3 Å². The molecule has 0 bridgehead atoms. The summed E-state index contributed by atoms with van der Waals surface area (Å²) in [6, 6.07) is 6.93. The van der Waals surface area contributed by atoms with E-state index in [9.17, 15) is 8.42 Å². The molecule has 1 saturated heterocycles. The van der Waals surface area contributed by atoms with Crippen molar-refractivity contribution in [3.05, 3.63) is 28.7 Å². The van der Waals surface area contributed by atoms with Gasteiger partial charge in [0.25, 0.3) is 0 Å². The van der Waals surface area contributed by atoms with Gasteiger partial charge in [0.2, 0.25) is 10.0 Å². The van der Waals surface area contributed by atoms with Crippen molar-refractivity contribution in [1.29, 1.82) is 0 Å². The maximum atomic E-state index is 12.5. The summed E-state index contributed by atoms with van der Waals surface area (Å²) >= 11 is 3.30. The van der Waals surface area contributed by atoms with Gasteiger partial charge in [-0.2, -0.15) is 4.31 Å². The largest absolute Gasteiger partial charge is 0.330 e. The summed E-state index contributed by atoms with van der Waals surface area (Å²) in [5.41, 5.74) is 5.62. The zero-order valence-electron chi connectivity index (χ0n) is 10.5. The molecule has 1 aromatic carbocycles. The summed E-state index contributed by atoms with van der Waals surface area (Å²) in [7, 11) is -3.38. The average molecular weight is 370 g/mol. The van der Waals surface area contributed by atoms with E-state index in [2.05, 4.69) is 15.9 Å². The molecule has 0 spiro atoms. The van der Waals surface area contributed by atoms with Gasteiger partial charge in [-0.25, -0.2) is 8.42 Å². The minimum atomic E-state index is -3.38. The fraction of sp³-hybridized carbons (Fsp3) is 0.500. The van der Waals surface area contributed by atoms with E-state index in [1.165, 1.54) is 0 Å². The summed E-state index contributed by atoms with van der Waals surface area (Å²) in [5.74, 6) is 0.454. The zero-order chi connectivity index (χ0) is 13.2. The van der Waals surface area contributed by atoms with Crippen LogP contribution in [-0.4, -0.2) is 32.4 Å². The lowest BCUT2D eigenvalue weighted by Crippen LogP contribution is -2.40. The monoisotopic (exact) mass is 368 g/mol. The van der Waals surface area contributed by atoms with Crippen molar-refractivity contribution in [3.8, 4) is 0 Å². The number of piperidine rings is 1. The highest BCUT2D eigenvalue weighted by Crippen LogP contribution is 2.27. The molecule has 0 unspecified atom stereocenters.